The molecule has 0 aliphatic carbocycles. The van der Waals surface area contributed by atoms with Crippen LogP contribution in [0.5, 0.6) is 0 Å². The van der Waals surface area contributed by atoms with Gasteiger partial charge in [0.15, 0.2) is 5.76 Å². The number of esters is 1. The van der Waals surface area contributed by atoms with Crippen molar-refractivity contribution in [1.82, 2.24) is 9.97 Å². The summed E-state index contributed by atoms with van der Waals surface area (Å²) in [5, 5.41) is 2.95. The smallest absolute Gasteiger partial charge is 0.374 e. The fourth-order valence-electron chi connectivity index (χ4n) is 6.56. The van der Waals surface area contributed by atoms with E-state index < -0.39 is 11.8 Å². The van der Waals surface area contributed by atoms with Gasteiger partial charge in [0.1, 0.15) is 17.3 Å². The zero-order chi connectivity index (χ0) is 32.7. The van der Waals surface area contributed by atoms with E-state index in [9.17, 15) is 18.8 Å². The van der Waals surface area contributed by atoms with Gasteiger partial charge in [-0.05, 0) is 75.1 Å². The molecule has 1 N–H and O–H groups in total. The summed E-state index contributed by atoms with van der Waals surface area (Å²) < 4.78 is 30.9. The number of amides is 2. The van der Waals surface area contributed by atoms with Crippen molar-refractivity contribution in [2.45, 2.75) is 33.1 Å². The number of hydrogen-bond donors (Lipinski definition) is 1. The lowest BCUT2D eigenvalue weighted by atomic mass is 9.73. The van der Waals surface area contributed by atoms with Crippen molar-refractivity contribution in [2.24, 2.45) is 5.41 Å². The lowest BCUT2D eigenvalue weighted by Crippen LogP contribution is -2.59. The highest BCUT2D eigenvalue weighted by atomic mass is 19.1. The minimum atomic E-state index is -0.619. The van der Waals surface area contributed by atoms with Crippen LogP contribution in [0.4, 0.5) is 21.6 Å². The Labute approximate surface area is 270 Å². The van der Waals surface area contributed by atoms with Crippen molar-refractivity contribution in [3.63, 3.8) is 0 Å². The van der Waals surface area contributed by atoms with Crippen LogP contribution in [0.15, 0.2) is 59.3 Å². The molecular weight excluding hydrogens is 605 g/mol. The molecule has 3 aromatic heterocycles. The Morgan fingerprint density at radius 2 is 1.81 bits per heavy atom. The van der Waals surface area contributed by atoms with E-state index in [0.29, 0.717) is 40.4 Å². The van der Waals surface area contributed by atoms with Gasteiger partial charge < -0.3 is 29.0 Å². The molecule has 4 aromatic rings. The molecule has 6 heterocycles. The third-order valence-electron chi connectivity index (χ3n) is 9.02. The van der Waals surface area contributed by atoms with Gasteiger partial charge in [0.2, 0.25) is 5.76 Å². The number of furan rings is 1. The Morgan fingerprint density at radius 3 is 2.55 bits per heavy atom. The van der Waals surface area contributed by atoms with Crippen LogP contribution in [-0.2, 0) is 15.9 Å². The molecule has 12 heteroatoms. The molecule has 0 saturated carbocycles. The largest absolute Gasteiger partial charge is 0.460 e. The summed E-state index contributed by atoms with van der Waals surface area (Å²) >= 11 is 0. The number of ether oxygens (including phenoxy) is 2. The van der Waals surface area contributed by atoms with Crippen molar-refractivity contribution >= 4 is 35.0 Å². The molecule has 11 nitrogen and oxygen atoms in total. The van der Waals surface area contributed by atoms with Crippen LogP contribution < -0.4 is 15.1 Å². The average Bonchev–Trinajstić information content (AvgIpc) is 3.42. The molecule has 0 unspecified atom stereocenters. The highest BCUT2D eigenvalue weighted by molar-refractivity contribution is 6.10. The number of anilines is 3. The summed E-state index contributed by atoms with van der Waals surface area (Å²) in [5.74, 6) is -0.921. The van der Waals surface area contributed by atoms with Crippen molar-refractivity contribution < 1.29 is 32.7 Å². The highest BCUT2D eigenvalue weighted by Crippen LogP contribution is 2.42. The number of halogens is 1. The Hall–Kier alpha value is -5.10. The summed E-state index contributed by atoms with van der Waals surface area (Å²) in [6, 6.07) is 11.2. The molecule has 7 rings (SSSR count). The Morgan fingerprint density at radius 1 is 1.04 bits per heavy atom. The second-order valence-corrected chi connectivity index (χ2v) is 12.3. The summed E-state index contributed by atoms with van der Waals surface area (Å²) in [5.41, 5.74) is 3.58. The van der Waals surface area contributed by atoms with Gasteiger partial charge in [-0.25, -0.2) is 19.2 Å². The number of aromatic nitrogens is 2. The maximum Gasteiger partial charge on any atom is 0.374 e. The maximum atomic E-state index is 14.5. The van der Waals surface area contributed by atoms with Crippen molar-refractivity contribution in [3.8, 4) is 11.5 Å². The van der Waals surface area contributed by atoms with Gasteiger partial charge in [-0.15, -0.1) is 0 Å². The second-order valence-electron chi connectivity index (χ2n) is 12.3. The van der Waals surface area contributed by atoms with Crippen LogP contribution in [0, 0.1) is 18.2 Å². The van der Waals surface area contributed by atoms with E-state index in [4.69, 9.17) is 13.9 Å². The van der Waals surface area contributed by atoms with E-state index in [-0.39, 0.29) is 47.5 Å². The van der Waals surface area contributed by atoms with Crippen LogP contribution in [0.1, 0.15) is 62.2 Å². The Balaban J connectivity index is 1.08. The van der Waals surface area contributed by atoms with E-state index in [1.54, 1.807) is 43.5 Å². The van der Waals surface area contributed by atoms with Crippen molar-refractivity contribution in [2.75, 3.05) is 54.6 Å². The number of fused-ring (bicyclic) bond motifs is 3. The first-order valence-corrected chi connectivity index (χ1v) is 15.7. The summed E-state index contributed by atoms with van der Waals surface area (Å²) in [6.45, 7) is 7.20. The fraction of sp³-hybridized carbons (Fsp3) is 0.343. The van der Waals surface area contributed by atoms with Gasteiger partial charge in [0.25, 0.3) is 11.8 Å². The summed E-state index contributed by atoms with van der Waals surface area (Å²) in [4.78, 5) is 52.0. The van der Waals surface area contributed by atoms with E-state index in [2.05, 4.69) is 20.2 Å². The molecule has 2 amide bonds. The molecule has 47 heavy (non-hydrogen) atoms. The van der Waals surface area contributed by atoms with Gasteiger partial charge in [-0.1, -0.05) is 0 Å². The van der Waals surface area contributed by atoms with Crippen molar-refractivity contribution in [3.05, 3.63) is 88.7 Å². The highest BCUT2D eigenvalue weighted by Gasteiger charge is 2.45. The monoisotopic (exact) mass is 639 g/mol. The molecule has 3 aliphatic rings. The van der Waals surface area contributed by atoms with E-state index in [0.717, 1.165) is 50.9 Å². The summed E-state index contributed by atoms with van der Waals surface area (Å²) in [7, 11) is 0. The van der Waals surface area contributed by atoms with Crippen LogP contribution in [0.25, 0.3) is 11.5 Å². The van der Waals surface area contributed by atoms with E-state index in [1.165, 1.54) is 11.0 Å². The third kappa shape index (κ3) is 5.85. The lowest BCUT2D eigenvalue weighted by molar-refractivity contribution is -0.000512. The number of nitrogens with zero attached hydrogens (tertiary/aromatic N) is 4. The number of benzene rings is 1. The Kier molecular flexibility index (Phi) is 7.96. The van der Waals surface area contributed by atoms with Gasteiger partial charge in [0, 0.05) is 67.3 Å². The van der Waals surface area contributed by atoms with Crippen LogP contribution >= 0.6 is 0 Å². The number of pyridine rings is 2. The average molecular weight is 640 g/mol. The molecule has 0 atom stereocenters. The fourth-order valence-corrected chi connectivity index (χ4v) is 6.56. The number of carbonyl (C=O) groups is 3. The van der Waals surface area contributed by atoms with Gasteiger partial charge in [-0.3, -0.25) is 9.59 Å². The minimum Gasteiger partial charge on any atom is -0.460 e. The topological polar surface area (TPSA) is 127 Å². The first-order valence-electron chi connectivity index (χ1n) is 15.7. The molecule has 0 bridgehead atoms. The standard InChI is InChI=1S/C35H34FN5O6/c1-3-46-34(44)28-15-23-8-11-41(27-16-24(36)18-37-29(27)30(23)47-28)33(43)22-4-6-25(7-5-22)39-32(42)26-14-21(2)17-38-31(26)40-19-35(20-40)9-12-45-13-10-35/h4-7,14-18H,3,8-13,19-20H2,1-2H3,(H,39,42). The first kappa shape index (κ1) is 30.5. The lowest BCUT2D eigenvalue weighted by Gasteiger charge is -2.53. The summed E-state index contributed by atoms with van der Waals surface area (Å²) in [6.07, 6.45) is 5.18. The number of aryl methyl sites for hydroxylation is 1. The molecule has 0 radical (unpaired) electrons. The minimum absolute atomic E-state index is 0.0213. The molecule has 2 fully saturated rings. The molecule has 242 valence electrons. The molecule has 2 saturated heterocycles. The van der Waals surface area contributed by atoms with Gasteiger partial charge >= 0.3 is 5.97 Å². The van der Waals surface area contributed by atoms with E-state index in [1.807, 2.05) is 13.0 Å². The quantitative estimate of drug-likeness (QED) is 0.275. The number of rotatable bonds is 6. The van der Waals surface area contributed by atoms with Crippen molar-refractivity contribution in [1.29, 1.82) is 0 Å². The molecule has 1 spiro atoms. The number of hydrogen-bond acceptors (Lipinski definition) is 9. The predicted molar refractivity (Wildman–Crippen MR) is 171 cm³/mol. The maximum absolute atomic E-state index is 14.5. The third-order valence-corrected chi connectivity index (χ3v) is 9.02. The number of carbonyl (C=O) groups excluding carboxylic acids is 3. The SMILES string of the molecule is CCOC(=O)c1cc2c(o1)-c1ncc(F)cc1N(C(=O)c1ccc(NC(=O)c3cc(C)cnc3N3CC4(CCOCC4)C3)cc1)CC2. The molecule has 1 aromatic carbocycles. The van der Waals surface area contributed by atoms with Crippen LogP contribution in [0.2, 0.25) is 0 Å². The van der Waals surface area contributed by atoms with Crippen LogP contribution in [-0.4, -0.2) is 67.2 Å². The predicted octanol–water partition coefficient (Wildman–Crippen LogP) is 5.43. The molecule has 3 aliphatic heterocycles. The van der Waals surface area contributed by atoms with Gasteiger partial charge in [-0.2, -0.15) is 0 Å². The first-order chi connectivity index (χ1) is 22.7. The van der Waals surface area contributed by atoms with Gasteiger partial charge in [0.05, 0.1) is 24.1 Å². The van der Waals surface area contributed by atoms with Crippen LogP contribution in [0.3, 0.4) is 0 Å². The normalized spacial score (nSPS) is 16.5. The second kappa shape index (κ2) is 12.3. The zero-order valence-corrected chi connectivity index (χ0v) is 26.2. The molecular formula is C35H34FN5O6. The van der Waals surface area contributed by atoms with E-state index >= 15 is 0 Å². The number of nitrogens with one attached hydrogen (secondary N) is 1. The zero-order valence-electron chi connectivity index (χ0n) is 26.2. The Bertz CT molecular complexity index is 1860.